The Bertz CT molecular complexity index is 222. The normalized spacial score (nSPS) is 13.4. The van der Waals surface area contributed by atoms with E-state index in [0.29, 0.717) is 0 Å². The molecule has 1 heterocycles. The van der Waals surface area contributed by atoms with E-state index in [0.717, 1.165) is 18.4 Å². The molecule has 0 aliphatic rings. The van der Waals surface area contributed by atoms with E-state index in [9.17, 15) is 5.11 Å². The molecule has 1 unspecified atom stereocenters. The number of halogens is 1. The molecule has 62 valence electrons. The Morgan fingerprint density at radius 1 is 1.73 bits per heavy atom. The molecule has 11 heavy (non-hydrogen) atoms. The maximum absolute atomic E-state index is 9.54. The van der Waals surface area contributed by atoms with Crippen molar-refractivity contribution in [2.45, 2.75) is 25.9 Å². The Morgan fingerprint density at radius 3 is 2.91 bits per heavy atom. The predicted octanol–water partition coefficient (Wildman–Crippen LogP) is 3.19. The van der Waals surface area contributed by atoms with E-state index in [1.54, 1.807) is 11.3 Å². The molecule has 1 atom stereocenters. The Kier molecular flexibility index (Phi) is 3.81. The van der Waals surface area contributed by atoms with E-state index in [-0.39, 0.29) is 6.10 Å². The highest BCUT2D eigenvalue weighted by atomic mass is 127. The molecule has 1 rings (SSSR count). The molecule has 0 radical (unpaired) electrons. The summed E-state index contributed by atoms with van der Waals surface area (Å²) in [4.78, 5) is 0. The topological polar surface area (TPSA) is 20.2 Å². The van der Waals surface area contributed by atoms with Crippen LogP contribution in [0.3, 0.4) is 0 Å². The van der Waals surface area contributed by atoms with E-state index in [1.165, 1.54) is 2.88 Å². The minimum Gasteiger partial charge on any atom is -0.388 e. The molecule has 0 aromatic carbocycles. The monoisotopic (exact) mass is 282 g/mol. The molecule has 1 N–H and O–H groups in total. The molecule has 0 saturated carbocycles. The van der Waals surface area contributed by atoms with Crippen molar-refractivity contribution in [2.24, 2.45) is 0 Å². The van der Waals surface area contributed by atoms with Crippen molar-refractivity contribution in [3.63, 3.8) is 0 Å². The van der Waals surface area contributed by atoms with Gasteiger partial charge in [0.1, 0.15) is 0 Å². The van der Waals surface area contributed by atoms with Gasteiger partial charge in [0, 0.05) is 0 Å². The molecule has 0 aliphatic heterocycles. The first-order valence-corrected chi connectivity index (χ1v) is 5.62. The van der Waals surface area contributed by atoms with Crippen LogP contribution in [0.1, 0.15) is 31.4 Å². The second kappa shape index (κ2) is 4.42. The van der Waals surface area contributed by atoms with Crippen LogP contribution in [0.5, 0.6) is 0 Å². The average molecular weight is 282 g/mol. The summed E-state index contributed by atoms with van der Waals surface area (Å²) in [6.45, 7) is 2.08. The quantitative estimate of drug-likeness (QED) is 0.844. The lowest BCUT2D eigenvalue weighted by molar-refractivity contribution is 0.167. The first-order valence-electron chi connectivity index (χ1n) is 3.66. The highest BCUT2D eigenvalue weighted by Crippen LogP contribution is 2.24. The van der Waals surface area contributed by atoms with E-state index >= 15 is 0 Å². The van der Waals surface area contributed by atoms with Gasteiger partial charge in [-0.15, -0.1) is 11.3 Å². The first-order chi connectivity index (χ1) is 5.24. The first kappa shape index (κ1) is 9.48. The van der Waals surface area contributed by atoms with Gasteiger partial charge in [0.25, 0.3) is 0 Å². The van der Waals surface area contributed by atoms with Crippen molar-refractivity contribution < 1.29 is 5.11 Å². The number of aliphatic hydroxyl groups is 1. The van der Waals surface area contributed by atoms with Gasteiger partial charge in [0.2, 0.25) is 0 Å². The number of hydrogen-bond donors (Lipinski definition) is 1. The van der Waals surface area contributed by atoms with Gasteiger partial charge in [0.15, 0.2) is 0 Å². The van der Waals surface area contributed by atoms with E-state index in [2.05, 4.69) is 29.5 Å². The largest absolute Gasteiger partial charge is 0.388 e. The average Bonchev–Trinajstić information content (AvgIpc) is 2.36. The standard InChI is InChI=1S/C8H11IOS/c1-2-3-7(10)6-4-8(9)11-5-6/h4-5,7,10H,2-3H2,1H3. The van der Waals surface area contributed by atoms with E-state index in [4.69, 9.17) is 0 Å². The van der Waals surface area contributed by atoms with Crippen molar-refractivity contribution in [2.75, 3.05) is 0 Å². The van der Waals surface area contributed by atoms with Crippen molar-refractivity contribution in [3.05, 3.63) is 19.9 Å². The van der Waals surface area contributed by atoms with Crippen molar-refractivity contribution in [1.29, 1.82) is 0 Å². The fourth-order valence-corrected chi connectivity index (χ4v) is 2.36. The maximum atomic E-state index is 9.54. The van der Waals surface area contributed by atoms with Crippen LogP contribution in [0, 0.1) is 2.88 Å². The molecule has 3 heteroatoms. The van der Waals surface area contributed by atoms with Gasteiger partial charge in [-0.3, -0.25) is 0 Å². The number of aliphatic hydroxyl groups excluding tert-OH is 1. The van der Waals surface area contributed by atoms with Gasteiger partial charge >= 0.3 is 0 Å². The zero-order valence-electron chi connectivity index (χ0n) is 6.38. The maximum Gasteiger partial charge on any atom is 0.0798 e. The third kappa shape index (κ3) is 2.72. The molecular weight excluding hydrogens is 271 g/mol. The summed E-state index contributed by atoms with van der Waals surface area (Å²) in [5.41, 5.74) is 1.07. The van der Waals surface area contributed by atoms with Gasteiger partial charge in [-0.05, 0) is 46.0 Å². The van der Waals surface area contributed by atoms with Gasteiger partial charge in [-0.1, -0.05) is 13.3 Å². The van der Waals surface area contributed by atoms with E-state index in [1.807, 2.05) is 11.4 Å². The third-order valence-corrected chi connectivity index (χ3v) is 3.34. The number of thiophene rings is 1. The summed E-state index contributed by atoms with van der Waals surface area (Å²) >= 11 is 3.96. The fourth-order valence-electron chi connectivity index (χ4n) is 0.938. The lowest BCUT2D eigenvalue weighted by Gasteiger charge is -2.04. The van der Waals surface area contributed by atoms with Gasteiger partial charge < -0.3 is 5.11 Å². The SMILES string of the molecule is CCCC(O)c1csc(I)c1. The second-order valence-corrected chi connectivity index (χ2v) is 5.29. The second-order valence-electron chi connectivity index (χ2n) is 2.49. The highest BCUT2D eigenvalue weighted by Gasteiger charge is 2.07. The third-order valence-electron chi connectivity index (χ3n) is 1.53. The van der Waals surface area contributed by atoms with Gasteiger partial charge in [-0.2, -0.15) is 0 Å². The molecule has 0 spiro atoms. The van der Waals surface area contributed by atoms with Crippen LogP contribution < -0.4 is 0 Å². The Hall–Kier alpha value is 0.390. The fraction of sp³-hybridized carbons (Fsp3) is 0.500. The van der Waals surface area contributed by atoms with Gasteiger partial charge in [0.05, 0.1) is 8.99 Å². The Morgan fingerprint density at radius 2 is 2.45 bits per heavy atom. The van der Waals surface area contributed by atoms with Crippen LogP contribution >= 0.6 is 33.9 Å². The summed E-state index contributed by atoms with van der Waals surface area (Å²) in [5.74, 6) is 0. The van der Waals surface area contributed by atoms with Crippen molar-refractivity contribution >= 4 is 33.9 Å². The van der Waals surface area contributed by atoms with Crippen LogP contribution in [0.4, 0.5) is 0 Å². The molecule has 1 aromatic heterocycles. The highest BCUT2D eigenvalue weighted by molar-refractivity contribution is 14.1. The summed E-state index contributed by atoms with van der Waals surface area (Å²) in [6, 6.07) is 2.05. The van der Waals surface area contributed by atoms with Crippen molar-refractivity contribution in [3.8, 4) is 0 Å². The van der Waals surface area contributed by atoms with Crippen LogP contribution in [0.2, 0.25) is 0 Å². The van der Waals surface area contributed by atoms with Crippen LogP contribution in [0.15, 0.2) is 11.4 Å². The molecule has 1 nitrogen and oxygen atoms in total. The summed E-state index contributed by atoms with van der Waals surface area (Å²) in [6.07, 6.45) is 1.65. The molecule has 0 fully saturated rings. The van der Waals surface area contributed by atoms with Crippen LogP contribution in [-0.4, -0.2) is 5.11 Å². The van der Waals surface area contributed by atoms with E-state index < -0.39 is 0 Å². The lowest BCUT2D eigenvalue weighted by atomic mass is 10.1. The summed E-state index contributed by atoms with van der Waals surface area (Å²) < 4.78 is 1.24. The molecule has 0 aliphatic carbocycles. The number of rotatable bonds is 3. The predicted molar refractivity (Wildman–Crippen MR) is 56.9 cm³/mol. The molecule has 0 amide bonds. The number of hydrogen-bond acceptors (Lipinski definition) is 2. The molecule has 1 aromatic rings. The molecule has 0 bridgehead atoms. The van der Waals surface area contributed by atoms with Crippen LogP contribution in [-0.2, 0) is 0 Å². The minimum absolute atomic E-state index is 0.250. The minimum atomic E-state index is -0.250. The molecule has 0 saturated heterocycles. The zero-order chi connectivity index (χ0) is 8.27. The molecular formula is C8H11IOS. The lowest BCUT2D eigenvalue weighted by Crippen LogP contribution is -1.93. The summed E-state index contributed by atoms with van der Waals surface area (Å²) in [7, 11) is 0. The Labute approximate surface area is 84.6 Å². The summed E-state index contributed by atoms with van der Waals surface area (Å²) in [5, 5.41) is 11.6. The van der Waals surface area contributed by atoms with Crippen molar-refractivity contribution in [1.82, 2.24) is 0 Å². The Balaban J connectivity index is 2.60. The van der Waals surface area contributed by atoms with Crippen LogP contribution in [0.25, 0.3) is 0 Å². The van der Waals surface area contributed by atoms with Gasteiger partial charge in [-0.25, -0.2) is 0 Å². The zero-order valence-corrected chi connectivity index (χ0v) is 9.35. The smallest absolute Gasteiger partial charge is 0.0798 e.